The number of methoxy groups -OCH3 is 1. The summed E-state index contributed by atoms with van der Waals surface area (Å²) in [6, 6.07) is 5.04. The van der Waals surface area contributed by atoms with Gasteiger partial charge in [-0.15, -0.1) is 11.3 Å². The van der Waals surface area contributed by atoms with E-state index in [4.69, 9.17) is 4.74 Å². The lowest BCUT2D eigenvalue weighted by Gasteiger charge is -2.17. The van der Waals surface area contributed by atoms with E-state index in [0.717, 1.165) is 19.6 Å². The second-order valence-corrected chi connectivity index (χ2v) is 5.39. The van der Waals surface area contributed by atoms with Crippen LogP contribution < -0.4 is 5.32 Å². The molecule has 0 fully saturated rings. The fourth-order valence-electron chi connectivity index (χ4n) is 2.09. The number of thiophene rings is 1. The Hall–Kier alpha value is -0.380. The van der Waals surface area contributed by atoms with Gasteiger partial charge >= 0.3 is 0 Å². The number of nitrogens with one attached hydrogen (secondary N) is 1. The van der Waals surface area contributed by atoms with Gasteiger partial charge in [0.15, 0.2) is 0 Å². The Morgan fingerprint density at radius 1 is 1.35 bits per heavy atom. The topological polar surface area (TPSA) is 21.3 Å². The zero-order chi connectivity index (χ0) is 12.3. The summed E-state index contributed by atoms with van der Waals surface area (Å²) in [6.45, 7) is 4.13. The van der Waals surface area contributed by atoms with Crippen molar-refractivity contribution in [2.24, 2.45) is 0 Å². The number of hydrogen-bond acceptors (Lipinski definition) is 3. The molecule has 1 rings (SSSR count). The first-order valence-electron chi connectivity index (χ1n) is 6.61. The van der Waals surface area contributed by atoms with Crippen molar-refractivity contribution in [1.29, 1.82) is 0 Å². The van der Waals surface area contributed by atoms with Crippen LogP contribution in [0.4, 0.5) is 0 Å². The SMILES string of the molecule is CCNC(CCCOC)CCCc1cccs1. The Labute approximate surface area is 109 Å². The summed E-state index contributed by atoms with van der Waals surface area (Å²) < 4.78 is 5.11. The Morgan fingerprint density at radius 2 is 2.18 bits per heavy atom. The van der Waals surface area contributed by atoms with Crippen LogP contribution in [-0.2, 0) is 11.2 Å². The van der Waals surface area contributed by atoms with Crippen LogP contribution in [0.3, 0.4) is 0 Å². The Bertz CT molecular complexity index is 261. The van der Waals surface area contributed by atoms with Gasteiger partial charge in [-0.3, -0.25) is 0 Å². The van der Waals surface area contributed by atoms with E-state index in [1.165, 1.54) is 30.6 Å². The highest BCUT2D eigenvalue weighted by Crippen LogP contribution is 2.14. The molecule has 3 heteroatoms. The van der Waals surface area contributed by atoms with Gasteiger partial charge in [0.05, 0.1) is 0 Å². The molecule has 2 nitrogen and oxygen atoms in total. The number of rotatable bonds is 10. The number of aryl methyl sites for hydroxylation is 1. The van der Waals surface area contributed by atoms with Gasteiger partial charge in [-0.05, 0) is 50.1 Å². The highest BCUT2D eigenvalue weighted by Gasteiger charge is 2.06. The molecule has 0 radical (unpaired) electrons. The van der Waals surface area contributed by atoms with Gasteiger partial charge in [-0.2, -0.15) is 0 Å². The van der Waals surface area contributed by atoms with Gasteiger partial charge in [0.2, 0.25) is 0 Å². The van der Waals surface area contributed by atoms with Gasteiger partial charge in [0, 0.05) is 24.6 Å². The first-order chi connectivity index (χ1) is 8.36. The maximum Gasteiger partial charge on any atom is 0.0462 e. The van der Waals surface area contributed by atoms with Crippen molar-refractivity contribution < 1.29 is 4.74 Å². The van der Waals surface area contributed by atoms with Crippen LogP contribution in [0.25, 0.3) is 0 Å². The maximum absolute atomic E-state index is 5.11. The summed E-state index contributed by atoms with van der Waals surface area (Å²) in [6.07, 6.45) is 6.17. The summed E-state index contributed by atoms with van der Waals surface area (Å²) in [5.41, 5.74) is 0. The molecule has 0 aliphatic rings. The normalized spacial score (nSPS) is 12.8. The molecular weight excluding hydrogens is 230 g/mol. The molecule has 1 unspecified atom stereocenters. The van der Waals surface area contributed by atoms with E-state index < -0.39 is 0 Å². The molecule has 0 bridgehead atoms. The summed E-state index contributed by atoms with van der Waals surface area (Å²) in [7, 11) is 1.78. The van der Waals surface area contributed by atoms with Crippen molar-refractivity contribution in [3.63, 3.8) is 0 Å². The van der Waals surface area contributed by atoms with Crippen molar-refractivity contribution in [2.45, 2.75) is 45.1 Å². The quantitative estimate of drug-likeness (QED) is 0.646. The summed E-state index contributed by atoms with van der Waals surface area (Å²) in [5, 5.41) is 5.73. The van der Waals surface area contributed by atoms with E-state index >= 15 is 0 Å². The Kier molecular flexibility index (Phi) is 8.32. The molecule has 0 saturated heterocycles. The fraction of sp³-hybridized carbons (Fsp3) is 0.714. The molecule has 98 valence electrons. The zero-order valence-electron chi connectivity index (χ0n) is 11.1. The first kappa shape index (κ1) is 14.7. The maximum atomic E-state index is 5.11. The van der Waals surface area contributed by atoms with Crippen molar-refractivity contribution in [2.75, 3.05) is 20.3 Å². The Balaban J connectivity index is 2.14. The predicted molar refractivity (Wildman–Crippen MR) is 75.8 cm³/mol. The molecule has 0 aliphatic carbocycles. The molecule has 0 aromatic carbocycles. The van der Waals surface area contributed by atoms with E-state index in [0.29, 0.717) is 6.04 Å². The minimum atomic E-state index is 0.662. The standard InChI is InChI=1S/C14H25NOS/c1-3-15-13(8-5-11-16-2)7-4-9-14-10-6-12-17-14/h6,10,12-13,15H,3-5,7-9,11H2,1-2H3. The van der Waals surface area contributed by atoms with E-state index in [1.807, 2.05) is 11.3 Å². The van der Waals surface area contributed by atoms with Crippen LogP contribution >= 0.6 is 11.3 Å². The minimum absolute atomic E-state index is 0.662. The molecule has 1 aromatic heterocycles. The van der Waals surface area contributed by atoms with Gasteiger partial charge < -0.3 is 10.1 Å². The monoisotopic (exact) mass is 255 g/mol. The van der Waals surface area contributed by atoms with Crippen LogP contribution in [0.5, 0.6) is 0 Å². The molecular formula is C14H25NOS. The smallest absolute Gasteiger partial charge is 0.0462 e. The number of ether oxygens (including phenoxy) is 1. The molecule has 17 heavy (non-hydrogen) atoms. The largest absolute Gasteiger partial charge is 0.385 e. The van der Waals surface area contributed by atoms with Crippen LogP contribution in [-0.4, -0.2) is 26.3 Å². The first-order valence-corrected chi connectivity index (χ1v) is 7.49. The second kappa shape index (κ2) is 9.63. The van der Waals surface area contributed by atoms with Crippen LogP contribution in [0, 0.1) is 0 Å². The van der Waals surface area contributed by atoms with Gasteiger partial charge in [-0.1, -0.05) is 13.0 Å². The third-order valence-electron chi connectivity index (χ3n) is 2.95. The third-order valence-corrected chi connectivity index (χ3v) is 3.89. The molecule has 1 aromatic rings. The molecule has 1 heterocycles. The van der Waals surface area contributed by atoms with Crippen LogP contribution in [0.15, 0.2) is 17.5 Å². The lowest BCUT2D eigenvalue weighted by molar-refractivity contribution is 0.188. The van der Waals surface area contributed by atoms with E-state index in [1.54, 1.807) is 7.11 Å². The second-order valence-electron chi connectivity index (χ2n) is 4.36. The van der Waals surface area contributed by atoms with E-state index in [-0.39, 0.29) is 0 Å². The van der Waals surface area contributed by atoms with Crippen molar-refractivity contribution >= 4 is 11.3 Å². The Morgan fingerprint density at radius 3 is 2.82 bits per heavy atom. The molecule has 0 aliphatic heterocycles. The molecule has 1 N–H and O–H groups in total. The van der Waals surface area contributed by atoms with Gasteiger partial charge in [0.25, 0.3) is 0 Å². The summed E-state index contributed by atoms with van der Waals surface area (Å²) >= 11 is 1.87. The third kappa shape index (κ3) is 6.81. The van der Waals surface area contributed by atoms with Crippen molar-refractivity contribution in [3.8, 4) is 0 Å². The van der Waals surface area contributed by atoms with Crippen LogP contribution in [0.1, 0.15) is 37.5 Å². The van der Waals surface area contributed by atoms with Gasteiger partial charge in [0.1, 0.15) is 0 Å². The summed E-state index contributed by atoms with van der Waals surface area (Å²) in [5.74, 6) is 0. The molecule has 0 spiro atoms. The minimum Gasteiger partial charge on any atom is -0.385 e. The zero-order valence-corrected chi connectivity index (χ0v) is 11.9. The van der Waals surface area contributed by atoms with E-state index in [2.05, 4.69) is 29.8 Å². The molecule has 0 saturated carbocycles. The molecule has 1 atom stereocenters. The lowest BCUT2D eigenvalue weighted by atomic mass is 10.0. The van der Waals surface area contributed by atoms with Crippen molar-refractivity contribution in [3.05, 3.63) is 22.4 Å². The number of hydrogen-bond donors (Lipinski definition) is 1. The average molecular weight is 255 g/mol. The van der Waals surface area contributed by atoms with Crippen LogP contribution in [0.2, 0.25) is 0 Å². The van der Waals surface area contributed by atoms with Crippen molar-refractivity contribution in [1.82, 2.24) is 5.32 Å². The highest BCUT2D eigenvalue weighted by molar-refractivity contribution is 7.09. The molecule has 0 amide bonds. The fourth-order valence-corrected chi connectivity index (χ4v) is 2.84. The lowest BCUT2D eigenvalue weighted by Crippen LogP contribution is -2.29. The van der Waals surface area contributed by atoms with Gasteiger partial charge in [-0.25, -0.2) is 0 Å². The predicted octanol–water partition coefficient (Wildman–Crippen LogP) is 3.48. The average Bonchev–Trinajstić information content (AvgIpc) is 2.82. The highest BCUT2D eigenvalue weighted by atomic mass is 32.1. The van der Waals surface area contributed by atoms with E-state index in [9.17, 15) is 0 Å². The summed E-state index contributed by atoms with van der Waals surface area (Å²) in [4.78, 5) is 1.51.